The van der Waals surface area contributed by atoms with Crippen molar-refractivity contribution in [3.8, 4) is 0 Å². The zero-order chi connectivity index (χ0) is 15.0. The van der Waals surface area contributed by atoms with E-state index in [0.29, 0.717) is 22.8 Å². The summed E-state index contributed by atoms with van der Waals surface area (Å²) in [4.78, 5) is 27.7. The van der Waals surface area contributed by atoms with Gasteiger partial charge in [-0.05, 0) is 6.42 Å². The Morgan fingerprint density at radius 3 is 3.00 bits per heavy atom. The Balaban J connectivity index is 2.02. The topological polar surface area (TPSA) is 115 Å². The van der Waals surface area contributed by atoms with Crippen LogP contribution in [0.25, 0.3) is 4.96 Å². The van der Waals surface area contributed by atoms with Crippen LogP contribution >= 0.6 is 11.3 Å². The zero-order valence-corrected chi connectivity index (χ0v) is 11.7. The van der Waals surface area contributed by atoms with E-state index in [2.05, 4.69) is 20.4 Å². The third-order valence-corrected chi connectivity index (χ3v) is 3.60. The second kappa shape index (κ2) is 5.05. The van der Waals surface area contributed by atoms with Gasteiger partial charge in [0.2, 0.25) is 4.96 Å². The number of carbonyl (C=O) groups is 1. The number of carboxylic acid groups (broad SMARTS) is 1. The van der Waals surface area contributed by atoms with Gasteiger partial charge >= 0.3 is 5.97 Å². The van der Waals surface area contributed by atoms with Gasteiger partial charge in [-0.1, -0.05) is 23.5 Å². The number of aromatic carboxylic acids is 1. The summed E-state index contributed by atoms with van der Waals surface area (Å²) in [7, 11) is 0. The van der Waals surface area contributed by atoms with Gasteiger partial charge < -0.3 is 5.11 Å². The van der Waals surface area contributed by atoms with E-state index in [1.165, 1.54) is 32.1 Å². The molecule has 0 fully saturated rings. The minimum Gasteiger partial charge on any atom is -0.476 e. The zero-order valence-electron chi connectivity index (χ0n) is 10.9. The molecule has 3 heterocycles. The van der Waals surface area contributed by atoms with Gasteiger partial charge in [0.15, 0.2) is 5.69 Å². The molecule has 0 saturated carbocycles. The standard InChI is InChI=1S/C11H10N6O3S/c1-2-7-9(10(19)20)14-15-16(7)4-6-3-8(18)17-11(13-6)21-5-12-17/h3,5H,2,4H2,1H3,(H,19,20). The van der Waals surface area contributed by atoms with Gasteiger partial charge in [-0.2, -0.15) is 9.61 Å². The lowest BCUT2D eigenvalue weighted by Crippen LogP contribution is -2.17. The molecule has 0 unspecified atom stereocenters. The lowest BCUT2D eigenvalue weighted by molar-refractivity contribution is 0.0689. The van der Waals surface area contributed by atoms with Crippen molar-refractivity contribution in [3.05, 3.63) is 39.0 Å². The average Bonchev–Trinajstić information content (AvgIpc) is 3.05. The molecule has 0 aliphatic rings. The van der Waals surface area contributed by atoms with Crippen molar-refractivity contribution < 1.29 is 9.90 Å². The third kappa shape index (κ3) is 2.29. The highest BCUT2D eigenvalue weighted by Crippen LogP contribution is 2.10. The van der Waals surface area contributed by atoms with Crippen LogP contribution in [0, 0.1) is 0 Å². The highest BCUT2D eigenvalue weighted by atomic mass is 32.1. The van der Waals surface area contributed by atoms with E-state index >= 15 is 0 Å². The normalized spacial score (nSPS) is 11.1. The Labute approximate surface area is 121 Å². The Morgan fingerprint density at radius 2 is 2.29 bits per heavy atom. The molecule has 3 aromatic heterocycles. The van der Waals surface area contributed by atoms with Crippen molar-refractivity contribution in [3.63, 3.8) is 0 Å². The molecule has 0 spiro atoms. The molecule has 9 nitrogen and oxygen atoms in total. The number of rotatable bonds is 4. The summed E-state index contributed by atoms with van der Waals surface area (Å²) in [5.41, 5.74) is 2.15. The van der Waals surface area contributed by atoms with Gasteiger partial charge in [-0.25, -0.2) is 14.5 Å². The molecule has 108 valence electrons. The maximum absolute atomic E-state index is 11.8. The Bertz CT molecular complexity index is 880. The first kappa shape index (κ1) is 13.4. The van der Waals surface area contributed by atoms with Crippen LogP contribution in [-0.4, -0.2) is 40.7 Å². The van der Waals surface area contributed by atoms with Gasteiger partial charge in [0.05, 0.1) is 17.9 Å². The number of aromatic nitrogens is 6. The third-order valence-electron chi connectivity index (χ3n) is 2.93. The minimum atomic E-state index is -1.12. The predicted octanol–water partition coefficient (Wildman–Crippen LogP) is 0.0514. The highest BCUT2D eigenvalue weighted by molar-refractivity contribution is 7.14. The number of hydrogen-bond acceptors (Lipinski definition) is 7. The molecule has 0 radical (unpaired) electrons. The minimum absolute atomic E-state index is 0.0758. The van der Waals surface area contributed by atoms with Gasteiger partial charge in [0, 0.05) is 6.07 Å². The molecule has 1 N–H and O–H groups in total. The molecular formula is C11H10N6O3S. The number of carboxylic acids is 1. The lowest BCUT2D eigenvalue weighted by atomic mass is 10.2. The van der Waals surface area contributed by atoms with Crippen LogP contribution < -0.4 is 5.56 Å². The highest BCUT2D eigenvalue weighted by Gasteiger charge is 2.18. The number of nitrogens with zero attached hydrogens (tertiary/aromatic N) is 6. The molecule has 0 atom stereocenters. The fourth-order valence-corrected chi connectivity index (χ4v) is 2.65. The SMILES string of the molecule is CCc1c(C(=O)O)nnn1Cc1cc(=O)n2ncsc2n1. The molecule has 0 saturated heterocycles. The van der Waals surface area contributed by atoms with Gasteiger partial charge in [0.1, 0.15) is 5.51 Å². The summed E-state index contributed by atoms with van der Waals surface area (Å²) in [5, 5.41) is 20.4. The van der Waals surface area contributed by atoms with Crippen LogP contribution in [0.2, 0.25) is 0 Å². The van der Waals surface area contributed by atoms with Crippen molar-refractivity contribution in [1.82, 2.24) is 29.6 Å². The first-order valence-electron chi connectivity index (χ1n) is 6.08. The summed E-state index contributed by atoms with van der Waals surface area (Å²) < 4.78 is 2.65. The van der Waals surface area contributed by atoms with Crippen molar-refractivity contribution in [2.75, 3.05) is 0 Å². The molecule has 0 aromatic carbocycles. The Morgan fingerprint density at radius 1 is 1.48 bits per heavy atom. The second-order valence-electron chi connectivity index (χ2n) is 4.22. The van der Waals surface area contributed by atoms with Gasteiger partial charge in [-0.15, -0.1) is 5.10 Å². The van der Waals surface area contributed by atoms with Crippen molar-refractivity contribution in [2.45, 2.75) is 19.9 Å². The summed E-state index contributed by atoms with van der Waals surface area (Å²) in [6.07, 6.45) is 0.469. The first-order valence-corrected chi connectivity index (χ1v) is 6.96. The molecular weight excluding hydrogens is 296 g/mol. The van der Waals surface area contributed by atoms with Gasteiger partial charge in [-0.3, -0.25) is 4.79 Å². The second-order valence-corrected chi connectivity index (χ2v) is 5.03. The smallest absolute Gasteiger partial charge is 0.358 e. The largest absolute Gasteiger partial charge is 0.476 e. The molecule has 0 aliphatic heterocycles. The van der Waals surface area contributed by atoms with E-state index < -0.39 is 5.97 Å². The van der Waals surface area contributed by atoms with Crippen LogP contribution in [-0.2, 0) is 13.0 Å². The Kier molecular flexibility index (Phi) is 3.22. The molecule has 3 aromatic rings. The summed E-state index contributed by atoms with van der Waals surface area (Å²) in [5.74, 6) is -1.12. The molecule has 3 rings (SSSR count). The molecule has 21 heavy (non-hydrogen) atoms. The first-order chi connectivity index (χ1) is 10.1. The average molecular weight is 306 g/mol. The van der Waals surface area contributed by atoms with E-state index in [1.54, 1.807) is 0 Å². The van der Waals surface area contributed by atoms with E-state index in [0.717, 1.165) is 0 Å². The van der Waals surface area contributed by atoms with Crippen LogP contribution in [0.5, 0.6) is 0 Å². The summed E-state index contributed by atoms with van der Waals surface area (Å²) in [6.45, 7) is 2.00. The molecule has 0 aliphatic carbocycles. The van der Waals surface area contributed by atoms with E-state index in [4.69, 9.17) is 5.11 Å². The lowest BCUT2D eigenvalue weighted by Gasteiger charge is -2.04. The fraction of sp³-hybridized carbons (Fsp3) is 0.273. The van der Waals surface area contributed by atoms with Crippen LogP contribution in [0.3, 0.4) is 0 Å². The van der Waals surface area contributed by atoms with Crippen molar-refractivity contribution >= 4 is 22.3 Å². The summed E-state index contributed by atoms with van der Waals surface area (Å²) >= 11 is 1.25. The quantitative estimate of drug-likeness (QED) is 0.724. The van der Waals surface area contributed by atoms with Crippen molar-refractivity contribution in [2.24, 2.45) is 0 Å². The maximum atomic E-state index is 11.8. The molecule has 0 amide bonds. The van der Waals surface area contributed by atoms with E-state index in [1.807, 2.05) is 6.92 Å². The summed E-state index contributed by atoms with van der Waals surface area (Å²) in [6, 6.07) is 1.36. The van der Waals surface area contributed by atoms with E-state index in [-0.39, 0.29) is 17.8 Å². The number of hydrogen-bond donors (Lipinski definition) is 1. The molecule has 0 bridgehead atoms. The van der Waals surface area contributed by atoms with Gasteiger partial charge in [0.25, 0.3) is 5.56 Å². The van der Waals surface area contributed by atoms with Crippen LogP contribution in [0.15, 0.2) is 16.4 Å². The maximum Gasteiger partial charge on any atom is 0.358 e. The monoisotopic (exact) mass is 306 g/mol. The molecule has 10 heteroatoms. The van der Waals surface area contributed by atoms with Crippen LogP contribution in [0.1, 0.15) is 28.8 Å². The van der Waals surface area contributed by atoms with E-state index in [9.17, 15) is 9.59 Å². The van der Waals surface area contributed by atoms with Crippen molar-refractivity contribution in [1.29, 1.82) is 0 Å². The Hall–Kier alpha value is -2.62. The predicted molar refractivity (Wildman–Crippen MR) is 72.6 cm³/mol. The van der Waals surface area contributed by atoms with Crippen LogP contribution in [0.4, 0.5) is 0 Å². The fourth-order valence-electron chi connectivity index (χ4n) is 2.01. The number of fused-ring (bicyclic) bond motifs is 1.